The lowest BCUT2D eigenvalue weighted by atomic mass is 9.94. The number of hydrogen-bond acceptors (Lipinski definition) is 7. The molecule has 1 aromatic heterocycles. The van der Waals surface area contributed by atoms with E-state index in [1.165, 1.54) is 12.7 Å². The lowest BCUT2D eigenvalue weighted by Gasteiger charge is -2.30. The number of methoxy groups -OCH3 is 2. The minimum Gasteiger partial charge on any atom is -0.493 e. The van der Waals surface area contributed by atoms with Gasteiger partial charge in [0.15, 0.2) is 11.5 Å². The largest absolute Gasteiger partial charge is 0.493 e. The molecule has 0 amide bonds. The maximum absolute atomic E-state index is 13.2. The summed E-state index contributed by atoms with van der Waals surface area (Å²) in [5.74, 6) is 1.47. The minimum absolute atomic E-state index is 0.0280. The van der Waals surface area contributed by atoms with E-state index in [9.17, 15) is 4.79 Å². The summed E-state index contributed by atoms with van der Waals surface area (Å²) in [6, 6.07) is 5.13. The molecule has 1 aliphatic carbocycles. The number of carbonyl (C=O) groups excluding carboxylic acids is 1. The second-order valence-electron chi connectivity index (χ2n) is 7.37. The summed E-state index contributed by atoms with van der Waals surface area (Å²) >= 11 is 0. The molecule has 1 N–H and O–H groups in total. The van der Waals surface area contributed by atoms with Crippen molar-refractivity contribution in [2.24, 2.45) is 0 Å². The van der Waals surface area contributed by atoms with Crippen LogP contribution in [0.2, 0.25) is 0 Å². The van der Waals surface area contributed by atoms with Gasteiger partial charge in [-0.25, -0.2) is 9.48 Å². The lowest BCUT2D eigenvalue weighted by Crippen LogP contribution is -2.32. The van der Waals surface area contributed by atoms with Gasteiger partial charge in [-0.2, -0.15) is 10.1 Å². The first-order valence-corrected chi connectivity index (χ1v) is 9.92. The van der Waals surface area contributed by atoms with Gasteiger partial charge < -0.3 is 19.5 Å². The third-order valence-corrected chi connectivity index (χ3v) is 5.56. The first-order chi connectivity index (χ1) is 14.1. The number of aromatic nitrogens is 3. The fourth-order valence-corrected chi connectivity index (χ4v) is 4.08. The number of nitrogens with one attached hydrogen (secondary N) is 1. The molecule has 1 atom stereocenters. The van der Waals surface area contributed by atoms with Crippen LogP contribution >= 0.6 is 0 Å². The Morgan fingerprint density at radius 1 is 1.14 bits per heavy atom. The van der Waals surface area contributed by atoms with Gasteiger partial charge in [-0.05, 0) is 50.3 Å². The van der Waals surface area contributed by atoms with Gasteiger partial charge in [-0.15, -0.1) is 0 Å². The van der Waals surface area contributed by atoms with Gasteiger partial charge in [0, 0.05) is 5.70 Å². The number of esters is 1. The van der Waals surface area contributed by atoms with Crippen LogP contribution in [0.4, 0.5) is 5.95 Å². The van der Waals surface area contributed by atoms with Gasteiger partial charge in [0.1, 0.15) is 18.5 Å². The van der Waals surface area contributed by atoms with Crippen molar-refractivity contribution in [3.05, 3.63) is 41.4 Å². The molecule has 1 aromatic carbocycles. The van der Waals surface area contributed by atoms with E-state index in [1.54, 1.807) is 18.9 Å². The third kappa shape index (κ3) is 3.66. The minimum atomic E-state index is -0.468. The van der Waals surface area contributed by atoms with E-state index in [-0.39, 0.29) is 12.1 Å². The van der Waals surface area contributed by atoms with E-state index in [0.29, 0.717) is 28.7 Å². The zero-order valence-corrected chi connectivity index (χ0v) is 17.0. The van der Waals surface area contributed by atoms with Crippen LogP contribution in [-0.2, 0) is 9.53 Å². The number of fused-ring (bicyclic) bond motifs is 1. The van der Waals surface area contributed by atoms with Crippen LogP contribution in [-0.4, -0.2) is 41.1 Å². The molecule has 1 fully saturated rings. The molecular weight excluding hydrogens is 372 g/mol. The highest BCUT2D eigenvalue weighted by atomic mass is 16.5. The molecule has 0 spiro atoms. The SMILES string of the molecule is COc1ccc(C2C(C(=O)OC3CCCCC3)=C(C)Nc3ncnn32)cc1OC. The molecule has 8 nitrogen and oxygen atoms in total. The van der Waals surface area contributed by atoms with Crippen LogP contribution < -0.4 is 14.8 Å². The van der Waals surface area contributed by atoms with Crippen LogP contribution in [0.1, 0.15) is 50.6 Å². The Labute approximate surface area is 169 Å². The van der Waals surface area contributed by atoms with E-state index in [1.807, 2.05) is 25.1 Å². The van der Waals surface area contributed by atoms with Gasteiger partial charge in [0.05, 0.1) is 19.8 Å². The highest BCUT2D eigenvalue weighted by Crippen LogP contribution is 2.39. The normalized spacial score (nSPS) is 19.3. The van der Waals surface area contributed by atoms with Gasteiger partial charge in [0.25, 0.3) is 0 Å². The second-order valence-corrected chi connectivity index (χ2v) is 7.37. The smallest absolute Gasteiger partial charge is 0.338 e. The standard InChI is InChI=1S/C21H26N4O4/c1-13-18(20(26)29-15-7-5-4-6-8-15)19(25-21(24-13)22-12-23-25)14-9-10-16(27-2)17(11-14)28-3/h9-12,15,19H,4-8H2,1-3H3,(H,22,23,24). The number of nitrogens with zero attached hydrogens (tertiary/aromatic N) is 3. The van der Waals surface area contributed by atoms with Crippen molar-refractivity contribution in [3.8, 4) is 11.5 Å². The Hall–Kier alpha value is -3.03. The zero-order valence-electron chi connectivity index (χ0n) is 17.0. The third-order valence-electron chi connectivity index (χ3n) is 5.56. The molecule has 2 heterocycles. The Morgan fingerprint density at radius 3 is 2.62 bits per heavy atom. The topological polar surface area (TPSA) is 87.5 Å². The molecule has 2 aromatic rings. The maximum atomic E-state index is 13.2. The Morgan fingerprint density at radius 2 is 1.90 bits per heavy atom. The fraction of sp³-hybridized carbons (Fsp3) is 0.476. The molecule has 1 unspecified atom stereocenters. The Bertz CT molecular complexity index is 931. The van der Waals surface area contributed by atoms with Gasteiger partial charge in [0.2, 0.25) is 5.95 Å². The van der Waals surface area contributed by atoms with Crippen molar-refractivity contribution in [3.63, 3.8) is 0 Å². The molecule has 8 heteroatoms. The summed E-state index contributed by atoms with van der Waals surface area (Å²) in [5, 5.41) is 7.53. The van der Waals surface area contributed by atoms with E-state index in [0.717, 1.165) is 31.2 Å². The van der Waals surface area contributed by atoms with Crippen molar-refractivity contribution < 1.29 is 19.0 Å². The number of anilines is 1. The molecule has 0 radical (unpaired) electrons. The van der Waals surface area contributed by atoms with Crippen molar-refractivity contribution in [1.29, 1.82) is 0 Å². The van der Waals surface area contributed by atoms with Crippen molar-refractivity contribution in [1.82, 2.24) is 14.8 Å². The number of carbonyl (C=O) groups is 1. The molecule has 1 aliphatic heterocycles. The van der Waals surface area contributed by atoms with Crippen LogP contribution in [0, 0.1) is 0 Å². The zero-order chi connectivity index (χ0) is 20.4. The number of rotatable bonds is 5. The fourth-order valence-electron chi connectivity index (χ4n) is 4.08. The summed E-state index contributed by atoms with van der Waals surface area (Å²) in [5.41, 5.74) is 2.08. The molecule has 0 saturated heterocycles. The van der Waals surface area contributed by atoms with Crippen LogP contribution in [0.25, 0.3) is 0 Å². The van der Waals surface area contributed by atoms with E-state index < -0.39 is 6.04 Å². The maximum Gasteiger partial charge on any atom is 0.338 e. The van der Waals surface area contributed by atoms with Gasteiger partial charge in [-0.3, -0.25) is 0 Å². The molecule has 29 heavy (non-hydrogen) atoms. The number of benzene rings is 1. The molecule has 0 bridgehead atoms. The first kappa shape index (κ1) is 19.3. The highest BCUT2D eigenvalue weighted by molar-refractivity contribution is 5.92. The van der Waals surface area contributed by atoms with Crippen molar-refractivity contribution in [2.45, 2.75) is 51.2 Å². The molecule has 1 saturated carbocycles. The summed E-state index contributed by atoms with van der Waals surface area (Å²) in [6.45, 7) is 1.86. The summed E-state index contributed by atoms with van der Waals surface area (Å²) in [6.07, 6.45) is 6.68. The van der Waals surface area contributed by atoms with E-state index in [4.69, 9.17) is 14.2 Å². The average molecular weight is 398 g/mol. The predicted octanol–water partition coefficient (Wildman–Crippen LogP) is 3.46. The second kappa shape index (κ2) is 8.14. The Balaban J connectivity index is 1.73. The number of hydrogen-bond donors (Lipinski definition) is 1. The van der Waals surface area contributed by atoms with Gasteiger partial charge in [-0.1, -0.05) is 12.5 Å². The van der Waals surface area contributed by atoms with Crippen LogP contribution in [0.5, 0.6) is 11.5 Å². The van der Waals surface area contributed by atoms with Crippen molar-refractivity contribution in [2.75, 3.05) is 19.5 Å². The highest BCUT2D eigenvalue weighted by Gasteiger charge is 2.36. The first-order valence-electron chi connectivity index (χ1n) is 9.92. The van der Waals surface area contributed by atoms with E-state index in [2.05, 4.69) is 15.4 Å². The molecular formula is C21H26N4O4. The molecule has 2 aliphatic rings. The van der Waals surface area contributed by atoms with Crippen molar-refractivity contribution >= 4 is 11.9 Å². The summed E-state index contributed by atoms with van der Waals surface area (Å²) in [4.78, 5) is 17.5. The summed E-state index contributed by atoms with van der Waals surface area (Å²) < 4.78 is 18.4. The molecule has 4 rings (SSSR count). The summed E-state index contributed by atoms with van der Waals surface area (Å²) in [7, 11) is 3.18. The lowest BCUT2D eigenvalue weighted by molar-refractivity contribution is -0.146. The quantitative estimate of drug-likeness (QED) is 0.772. The Kier molecular flexibility index (Phi) is 5.42. The van der Waals surface area contributed by atoms with Crippen LogP contribution in [0.15, 0.2) is 35.8 Å². The monoisotopic (exact) mass is 398 g/mol. The number of allylic oxidation sites excluding steroid dienone is 1. The van der Waals surface area contributed by atoms with Crippen LogP contribution in [0.3, 0.4) is 0 Å². The van der Waals surface area contributed by atoms with Gasteiger partial charge >= 0.3 is 5.97 Å². The van der Waals surface area contributed by atoms with E-state index >= 15 is 0 Å². The molecule has 154 valence electrons. The predicted molar refractivity (Wildman–Crippen MR) is 107 cm³/mol. The average Bonchev–Trinajstić information content (AvgIpc) is 3.20. The number of ether oxygens (including phenoxy) is 3.